The van der Waals surface area contributed by atoms with Crippen LogP contribution in [0.5, 0.6) is 0 Å². The Kier molecular flexibility index (Phi) is 3.05. The fraction of sp³-hybridized carbons (Fsp3) is 0.0476. The molecule has 0 saturated heterocycles. The monoisotopic (exact) mass is 284 g/mol. The zero-order chi connectivity index (χ0) is 14.9. The highest BCUT2D eigenvalue weighted by molar-refractivity contribution is 6.01. The van der Waals surface area contributed by atoms with Gasteiger partial charge in [-0.2, -0.15) is 0 Å². The molecule has 22 heavy (non-hydrogen) atoms. The summed E-state index contributed by atoms with van der Waals surface area (Å²) in [6.07, 6.45) is 0. The van der Waals surface area contributed by atoms with Crippen molar-refractivity contribution in [3.05, 3.63) is 84.4 Å². The number of fused-ring (bicyclic) bond motifs is 1. The molecule has 1 heteroatoms. The van der Waals surface area contributed by atoms with E-state index in [1.54, 1.807) is 0 Å². The lowest BCUT2D eigenvalue weighted by Crippen LogP contribution is -1.81. The quantitative estimate of drug-likeness (QED) is 0.435. The summed E-state index contributed by atoms with van der Waals surface area (Å²) in [5, 5.41) is 1.16. The molecular weight excluding hydrogens is 268 g/mol. The van der Waals surface area contributed by atoms with E-state index in [9.17, 15) is 0 Å². The maximum atomic E-state index is 6.17. The van der Waals surface area contributed by atoms with E-state index in [4.69, 9.17) is 4.42 Å². The predicted octanol–water partition coefficient (Wildman–Crippen LogP) is 6.08. The third kappa shape index (κ3) is 2.11. The Bertz CT molecular complexity index is 915. The second kappa shape index (κ2) is 5.19. The van der Waals surface area contributed by atoms with E-state index >= 15 is 0 Å². The molecule has 0 radical (unpaired) electrons. The van der Waals surface area contributed by atoms with Gasteiger partial charge in [-0.25, -0.2) is 0 Å². The van der Waals surface area contributed by atoms with Gasteiger partial charge in [-0.3, -0.25) is 0 Å². The normalized spacial score (nSPS) is 11.0. The summed E-state index contributed by atoms with van der Waals surface area (Å²) in [6, 6.07) is 27.1. The minimum absolute atomic E-state index is 0.928. The molecule has 0 aliphatic heterocycles. The Hall–Kier alpha value is -2.80. The van der Waals surface area contributed by atoms with Crippen LogP contribution in [0.4, 0.5) is 0 Å². The van der Waals surface area contributed by atoms with Crippen LogP contribution in [0.25, 0.3) is 33.4 Å². The van der Waals surface area contributed by atoms with Gasteiger partial charge in [-0.05, 0) is 18.6 Å². The highest BCUT2D eigenvalue weighted by atomic mass is 16.3. The molecule has 0 amide bonds. The van der Waals surface area contributed by atoms with E-state index in [0.717, 1.165) is 22.3 Å². The third-order valence-electron chi connectivity index (χ3n) is 3.97. The van der Waals surface area contributed by atoms with E-state index < -0.39 is 0 Å². The summed E-state index contributed by atoms with van der Waals surface area (Å²) in [7, 11) is 0. The molecule has 0 fully saturated rings. The SMILES string of the molecule is Cc1ccc(-c2c(-c3ccccc3)oc3ccccc23)cc1. The second-order valence-corrected chi connectivity index (χ2v) is 5.53. The van der Waals surface area contributed by atoms with E-state index in [1.807, 2.05) is 30.3 Å². The maximum absolute atomic E-state index is 6.17. The molecule has 1 aromatic heterocycles. The van der Waals surface area contributed by atoms with Gasteiger partial charge >= 0.3 is 0 Å². The van der Waals surface area contributed by atoms with Gasteiger partial charge in [-0.15, -0.1) is 0 Å². The van der Waals surface area contributed by atoms with Crippen LogP contribution >= 0.6 is 0 Å². The van der Waals surface area contributed by atoms with Crippen molar-refractivity contribution in [2.45, 2.75) is 6.92 Å². The summed E-state index contributed by atoms with van der Waals surface area (Å²) < 4.78 is 6.17. The Balaban J connectivity index is 2.04. The number of aryl methyl sites for hydroxylation is 1. The molecule has 3 aromatic carbocycles. The molecule has 0 spiro atoms. The molecular formula is C21H16O. The fourth-order valence-electron chi connectivity index (χ4n) is 2.85. The van der Waals surface area contributed by atoms with E-state index in [1.165, 1.54) is 16.7 Å². The molecule has 0 N–H and O–H groups in total. The Morgan fingerprint density at radius 1 is 0.636 bits per heavy atom. The van der Waals surface area contributed by atoms with Crippen molar-refractivity contribution in [2.24, 2.45) is 0 Å². The van der Waals surface area contributed by atoms with Gasteiger partial charge < -0.3 is 4.42 Å². The first-order valence-corrected chi connectivity index (χ1v) is 7.47. The zero-order valence-corrected chi connectivity index (χ0v) is 12.4. The summed E-state index contributed by atoms with van der Waals surface area (Å²) in [5.74, 6) is 0.936. The molecule has 106 valence electrons. The van der Waals surface area contributed by atoms with Gasteiger partial charge in [0.2, 0.25) is 0 Å². The average Bonchev–Trinajstić information content (AvgIpc) is 2.96. The summed E-state index contributed by atoms with van der Waals surface area (Å²) in [5.41, 5.74) is 5.65. The van der Waals surface area contributed by atoms with E-state index in [0.29, 0.717) is 0 Å². The molecule has 0 aliphatic rings. The second-order valence-electron chi connectivity index (χ2n) is 5.53. The van der Waals surface area contributed by atoms with Crippen LogP contribution in [-0.4, -0.2) is 0 Å². The standard InChI is InChI=1S/C21H16O/c1-15-11-13-16(14-12-15)20-18-9-5-6-10-19(18)22-21(20)17-7-3-2-4-8-17/h2-14H,1H3. The van der Waals surface area contributed by atoms with Gasteiger partial charge in [0.25, 0.3) is 0 Å². The third-order valence-corrected chi connectivity index (χ3v) is 3.97. The average molecular weight is 284 g/mol. The minimum Gasteiger partial charge on any atom is -0.455 e. The zero-order valence-electron chi connectivity index (χ0n) is 12.4. The van der Waals surface area contributed by atoms with E-state index in [2.05, 4.69) is 55.5 Å². The van der Waals surface area contributed by atoms with Crippen LogP contribution in [0.2, 0.25) is 0 Å². The van der Waals surface area contributed by atoms with Crippen LogP contribution in [0.3, 0.4) is 0 Å². The molecule has 1 nitrogen and oxygen atoms in total. The molecule has 4 aromatic rings. The topological polar surface area (TPSA) is 13.1 Å². The Morgan fingerprint density at radius 3 is 2.09 bits per heavy atom. The molecule has 0 aliphatic carbocycles. The first-order chi connectivity index (χ1) is 10.8. The summed E-state index contributed by atoms with van der Waals surface area (Å²) >= 11 is 0. The van der Waals surface area contributed by atoms with Crippen molar-refractivity contribution in [3.8, 4) is 22.5 Å². The van der Waals surface area contributed by atoms with Crippen molar-refractivity contribution in [1.29, 1.82) is 0 Å². The van der Waals surface area contributed by atoms with Crippen LogP contribution < -0.4 is 0 Å². The van der Waals surface area contributed by atoms with Gasteiger partial charge in [0.1, 0.15) is 11.3 Å². The first-order valence-electron chi connectivity index (χ1n) is 7.47. The highest BCUT2D eigenvalue weighted by Gasteiger charge is 2.16. The molecule has 0 unspecified atom stereocenters. The minimum atomic E-state index is 0.928. The van der Waals surface area contributed by atoms with Crippen molar-refractivity contribution < 1.29 is 4.42 Å². The van der Waals surface area contributed by atoms with Gasteiger partial charge in [-0.1, -0.05) is 78.4 Å². The maximum Gasteiger partial charge on any atom is 0.143 e. The van der Waals surface area contributed by atoms with E-state index in [-0.39, 0.29) is 0 Å². The number of hydrogen-bond acceptors (Lipinski definition) is 1. The van der Waals surface area contributed by atoms with Crippen LogP contribution in [-0.2, 0) is 0 Å². The van der Waals surface area contributed by atoms with Gasteiger partial charge in [0.15, 0.2) is 0 Å². The largest absolute Gasteiger partial charge is 0.455 e. The number of furan rings is 1. The number of hydrogen-bond donors (Lipinski definition) is 0. The number of rotatable bonds is 2. The molecule has 0 bridgehead atoms. The fourth-order valence-corrected chi connectivity index (χ4v) is 2.85. The predicted molar refractivity (Wildman–Crippen MR) is 91.8 cm³/mol. The lowest BCUT2D eigenvalue weighted by atomic mass is 9.98. The Morgan fingerprint density at radius 2 is 1.32 bits per heavy atom. The molecule has 0 saturated carbocycles. The molecule has 1 heterocycles. The van der Waals surface area contributed by atoms with Crippen LogP contribution in [0.15, 0.2) is 83.3 Å². The van der Waals surface area contributed by atoms with Gasteiger partial charge in [0, 0.05) is 16.5 Å². The lowest BCUT2D eigenvalue weighted by Gasteiger charge is -2.04. The Labute approximate surface area is 129 Å². The first kappa shape index (κ1) is 12.9. The highest BCUT2D eigenvalue weighted by Crippen LogP contribution is 2.40. The number of para-hydroxylation sites is 1. The summed E-state index contributed by atoms with van der Waals surface area (Å²) in [4.78, 5) is 0. The van der Waals surface area contributed by atoms with Crippen LogP contribution in [0, 0.1) is 6.92 Å². The lowest BCUT2D eigenvalue weighted by molar-refractivity contribution is 0.632. The van der Waals surface area contributed by atoms with Crippen molar-refractivity contribution >= 4 is 11.0 Å². The van der Waals surface area contributed by atoms with Crippen molar-refractivity contribution in [1.82, 2.24) is 0 Å². The van der Waals surface area contributed by atoms with Crippen LogP contribution in [0.1, 0.15) is 5.56 Å². The molecule has 4 rings (SSSR count). The molecule has 0 atom stereocenters. The summed E-state index contributed by atoms with van der Waals surface area (Å²) in [6.45, 7) is 2.11. The van der Waals surface area contributed by atoms with Crippen molar-refractivity contribution in [2.75, 3.05) is 0 Å². The number of benzene rings is 3. The van der Waals surface area contributed by atoms with Crippen molar-refractivity contribution in [3.63, 3.8) is 0 Å². The smallest absolute Gasteiger partial charge is 0.143 e. The van der Waals surface area contributed by atoms with Gasteiger partial charge in [0.05, 0.1) is 0 Å².